The summed E-state index contributed by atoms with van der Waals surface area (Å²) in [6.07, 6.45) is 0.785. The molecule has 21 heavy (non-hydrogen) atoms. The van der Waals surface area contributed by atoms with Crippen LogP contribution < -0.4 is 0 Å². The van der Waals surface area contributed by atoms with Crippen molar-refractivity contribution < 1.29 is 19.3 Å². The topological polar surface area (TPSA) is 54.5 Å². The van der Waals surface area contributed by atoms with Gasteiger partial charge in [-0.3, -0.25) is 0 Å². The van der Waals surface area contributed by atoms with Gasteiger partial charge in [0.1, 0.15) is 18.0 Å². The molecule has 2 aliphatic rings. The van der Waals surface area contributed by atoms with E-state index in [1.807, 2.05) is 19.1 Å². The smallest absolute Gasteiger partial charge is 0.119 e. The quantitative estimate of drug-likeness (QED) is 0.868. The average Bonchev–Trinajstić information content (AvgIpc) is 3.22. The molecule has 0 radical (unpaired) electrons. The summed E-state index contributed by atoms with van der Waals surface area (Å²) in [5.41, 5.74) is 2.13. The zero-order valence-corrected chi connectivity index (χ0v) is 13.4. The normalized spacial score (nSPS) is 23.2. The van der Waals surface area contributed by atoms with Gasteiger partial charge in [0.25, 0.3) is 0 Å². The van der Waals surface area contributed by atoms with Crippen molar-refractivity contribution in [2.75, 3.05) is 26.4 Å². The average molecular weight is 294 g/mol. The number of aromatic hydroxyl groups is 1. The van der Waals surface area contributed by atoms with E-state index < -0.39 is 0 Å². The van der Waals surface area contributed by atoms with Crippen LogP contribution >= 0.6 is 0 Å². The molecule has 2 heterocycles. The molecule has 1 aromatic rings. The lowest BCUT2D eigenvalue weighted by atomic mass is 9.86. The van der Waals surface area contributed by atoms with Crippen LogP contribution in [0.2, 0.25) is 0 Å². The number of hydrogen-bond acceptors (Lipinski definition) is 4. The van der Waals surface area contributed by atoms with E-state index in [0.717, 1.165) is 37.6 Å². The molecule has 2 saturated heterocycles. The fraction of sp³-hybridized carbons (Fsp3) is 0.647. The van der Waals surface area contributed by atoms with Crippen molar-refractivity contribution in [1.29, 1.82) is 0 Å². The van der Waals surface area contributed by atoms with Crippen LogP contribution in [0.5, 0.6) is 5.75 Å². The van der Waals surface area contributed by atoms with E-state index in [2.05, 4.69) is 20.8 Å². The van der Waals surface area contributed by atoms with Gasteiger partial charge in [-0.25, -0.2) is 0 Å². The standard InChI is InChI=1S/C11H16O.C6H10O3/c1-8-5-6-9(10(12)7-8)11(2,3)4;1(5-3-8-5)7-2-6-4-9-6/h5-7,12H,1-4H3;5-6H,1-4H2. The summed E-state index contributed by atoms with van der Waals surface area (Å²) in [7, 11) is 0. The SMILES string of the molecule is C(OCC1CO1)C1CO1.Cc1ccc(C(C)(C)C)c(O)c1. The first kappa shape index (κ1) is 16.3. The van der Waals surface area contributed by atoms with E-state index in [0.29, 0.717) is 18.0 Å². The Morgan fingerprint density at radius 3 is 2.05 bits per heavy atom. The number of benzene rings is 1. The monoisotopic (exact) mass is 294 g/mol. The van der Waals surface area contributed by atoms with E-state index in [-0.39, 0.29) is 5.41 Å². The number of phenols is 1. The highest BCUT2D eigenvalue weighted by Gasteiger charge is 2.26. The summed E-state index contributed by atoms with van der Waals surface area (Å²) in [5.74, 6) is 0.405. The minimum Gasteiger partial charge on any atom is -0.508 e. The molecule has 2 aliphatic heterocycles. The third-order valence-corrected chi connectivity index (χ3v) is 3.37. The third kappa shape index (κ3) is 6.04. The second-order valence-electron chi connectivity index (χ2n) is 6.72. The molecule has 0 amide bonds. The molecule has 0 aliphatic carbocycles. The molecule has 0 bridgehead atoms. The van der Waals surface area contributed by atoms with Crippen molar-refractivity contribution in [3.05, 3.63) is 29.3 Å². The zero-order chi connectivity index (χ0) is 15.5. The van der Waals surface area contributed by atoms with Crippen LogP contribution in [-0.4, -0.2) is 43.7 Å². The Labute approximate surface area is 127 Å². The van der Waals surface area contributed by atoms with Gasteiger partial charge in [0.05, 0.1) is 26.4 Å². The zero-order valence-electron chi connectivity index (χ0n) is 13.4. The lowest BCUT2D eigenvalue weighted by Crippen LogP contribution is -2.11. The summed E-state index contributed by atoms with van der Waals surface area (Å²) in [6, 6.07) is 5.82. The van der Waals surface area contributed by atoms with Gasteiger partial charge < -0.3 is 19.3 Å². The minimum atomic E-state index is 0.0256. The van der Waals surface area contributed by atoms with E-state index in [9.17, 15) is 5.11 Å². The predicted molar refractivity (Wildman–Crippen MR) is 81.8 cm³/mol. The number of phenolic OH excluding ortho intramolecular Hbond substituents is 1. The Morgan fingerprint density at radius 2 is 1.67 bits per heavy atom. The molecule has 2 unspecified atom stereocenters. The van der Waals surface area contributed by atoms with Crippen LogP contribution in [0.1, 0.15) is 31.9 Å². The maximum atomic E-state index is 9.63. The predicted octanol–water partition coefficient (Wildman–Crippen LogP) is 2.80. The van der Waals surface area contributed by atoms with Crippen LogP contribution in [0.15, 0.2) is 18.2 Å². The van der Waals surface area contributed by atoms with Gasteiger partial charge >= 0.3 is 0 Å². The largest absolute Gasteiger partial charge is 0.508 e. The highest BCUT2D eigenvalue weighted by molar-refractivity contribution is 5.39. The Morgan fingerprint density at radius 1 is 1.14 bits per heavy atom. The highest BCUT2D eigenvalue weighted by atomic mass is 16.6. The Balaban J connectivity index is 0.000000159. The summed E-state index contributed by atoms with van der Waals surface area (Å²) in [6.45, 7) is 11.5. The second kappa shape index (κ2) is 6.77. The fourth-order valence-corrected chi connectivity index (χ4v) is 1.94. The first-order chi connectivity index (χ1) is 9.86. The summed E-state index contributed by atoms with van der Waals surface area (Å²) in [4.78, 5) is 0. The van der Waals surface area contributed by atoms with Crippen molar-refractivity contribution in [3.8, 4) is 5.75 Å². The van der Waals surface area contributed by atoms with Crippen molar-refractivity contribution in [2.24, 2.45) is 0 Å². The number of aryl methyl sites for hydroxylation is 1. The summed E-state index contributed by atoms with van der Waals surface area (Å²) < 4.78 is 15.1. The van der Waals surface area contributed by atoms with Crippen LogP contribution in [0.3, 0.4) is 0 Å². The van der Waals surface area contributed by atoms with Crippen molar-refractivity contribution in [1.82, 2.24) is 0 Å². The molecule has 0 aromatic heterocycles. The Kier molecular flexibility index (Phi) is 5.25. The molecule has 4 heteroatoms. The van der Waals surface area contributed by atoms with Crippen molar-refractivity contribution in [2.45, 2.75) is 45.3 Å². The molecule has 2 fully saturated rings. The third-order valence-electron chi connectivity index (χ3n) is 3.37. The van der Waals surface area contributed by atoms with Gasteiger partial charge in [0.15, 0.2) is 0 Å². The molecule has 118 valence electrons. The summed E-state index contributed by atoms with van der Waals surface area (Å²) in [5, 5.41) is 9.63. The lowest BCUT2D eigenvalue weighted by molar-refractivity contribution is 0.102. The highest BCUT2D eigenvalue weighted by Crippen LogP contribution is 2.30. The fourth-order valence-electron chi connectivity index (χ4n) is 1.94. The molecular weight excluding hydrogens is 268 g/mol. The molecule has 1 N–H and O–H groups in total. The molecule has 4 nitrogen and oxygen atoms in total. The van der Waals surface area contributed by atoms with Crippen LogP contribution in [0.25, 0.3) is 0 Å². The molecule has 3 rings (SSSR count). The Bertz CT molecular complexity index is 444. The maximum absolute atomic E-state index is 9.63. The molecule has 0 saturated carbocycles. The number of hydrogen-bond donors (Lipinski definition) is 1. The van der Waals surface area contributed by atoms with Crippen LogP contribution in [0.4, 0.5) is 0 Å². The molecule has 1 aromatic carbocycles. The van der Waals surface area contributed by atoms with Crippen molar-refractivity contribution in [3.63, 3.8) is 0 Å². The number of epoxide rings is 2. The number of rotatable bonds is 4. The Hall–Kier alpha value is -1.10. The first-order valence-electron chi connectivity index (χ1n) is 7.47. The van der Waals surface area contributed by atoms with Gasteiger partial charge in [-0.1, -0.05) is 32.9 Å². The molecule has 2 atom stereocenters. The van der Waals surface area contributed by atoms with E-state index in [4.69, 9.17) is 14.2 Å². The second-order valence-corrected chi connectivity index (χ2v) is 6.72. The summed E-state index contributed by atoms with van der Waals surface area (Å²) >= 11 is 0. The van der Waals surface area contributed by atoms with Gasteiger partial charge in [-0.15, -0.1) is 0 Å². The van der Waals surface area contributed by atoms with Gasteiger partial charge in [0.2, 0.25) is 0 Å². The van der Waals surface area contributed by atoms with Crippen molar-refractivity contribution >= 4 is 0 Å². The molecular formula is C17H26O4. The van der Waals surface area contributed by atoms with E-state index in [1.165, 1.54) is 0 Å². The first-order valence-corrected chi connectivity index (χ1v) is 7.47. The van der Waals surface area contributed by atoms with Gasteiger partial charge in [-0.2, -0.15) is 0 Å². The van der Waals surface area contributed by atoms with Gasteiger partial charge in [0, 0.05) is 0 Å². The minimum absolute atomic E-state index is 0.0256. The molecule has 0 spiro atoms. The van der Waals surface area contributed by atoms with Crippen LogP contribution in [-0.2, 0) is 19.6 Å². The van der Waals surface area contributed by atoms with E-state index >= 15 is 0 Å². The number of ether oxygens (including phenoxy) is 3. The van der Waals surface area contributed by atoms with Gasteiger partial charge in [-0.05, 0) is 29.5 Å². The maximum Gasteiger partial charge on any atom is 0.119 e. The van der Waals surface area contributed by atoms with E-state index in [1.54, 1.807) is 6.07 Å². The van der Waals surface area contributed by atoms with Crippen LogP contribution in [0, 0.1) is 6.92 Å². The lowest BCUT2D eigenvalue weighted by Gasteiger charge is -2.20.